The Morgan fingerprint density at radius 2 is 1.75 bits per heavy atom. The number of halogens is 2. The van der Waals surface area contributed by atoms with Crippen LogP contribution in [0.3, 0.4) is 0 Å². The van der Waals surface area contributed by atoms with Gasteiger partial charge in [0.25, 0.3) is 0 Å². The second-order valence-electron chi connectivity index (χ2n) is 7.94. The summed E-state index contributed by atoms with van der Waals surface area (Å²) in [6.07, 6.45) is 3.14. The minimum atomic E-state index is -0.890. The average Bonchev–Trinajstić information content (AvgIpc) is 2.95. The lowest BCUT2D eigenvalue weighted by Gasteiger charge is -2.25. The number of aromatic nitrogens is 1. The van der Waals surface area contributed by atoms with Crippen LogP contribution in [-0.2, 0) is 29.2 Å². The summed E-state index contributed by atoms with van der Waals surface area (Å²) in [6, 6.07) is 17.7. The average molecular weight is 437 g/mol. The van der Waals surface area contributed by atoms with E-state index in [1.807, 2.05) is 47.4 Å². The molecule has 2 heterocycles. The summed E-state index contributed by atoms with van der Waals surface area (Å²) in [6.45, 7) is 1.88. The minimum absolute atomic E-state index is 0.0866. The molecule has 0 N–H and O–H groups in total. The highest BCUT2D eigenvalue weighted by molar-refractivity contribution is 5.78. The van der Waals surface area contributed by atoms with Gasteiger partial charge in [-0.1, -0.05) is 48.5 Å². The highest BCUT2D eigenvalue weighted by Gasteiger charge is 2.29. The molecule has 2 aromatic carbocycles. The Labute approximate surface area is 186 Å². The lowest BCUT2D eigenvalue weighted by molar-refractivity contribution is -0.132. The summed E-state index contributed by atoms with van der Waals surface area (Å²) in [4.78, 5) is 20.7. The van der Waals surface area contributed by atoms with Crippen molar-refractivity contribution in [2.75, 3.05) is 19.6 Å². The third kappa shape index (κ3) is 5.75. The van der Waals surface area contributed by atoms with E-state index in [4.69, 9.17) is 4.74 Å². The first-order chi connectivity index (χ1) is 15.6. The van der Waals surface area contributed by atoms with E-state index in [0.29, 0.717) is 26.2 Å². The zero-order valence-corrected chi connectivity index (χ0v) is 17.7. The Bertz CT molecular complexity index is 1030. The predicted octanol–water partition coefficient (Wildman–Crippen LogP) is 3.79. The van der Waals surface area contributed by atoms with Gasteiger partial charge in [0.1, 0.15) is 0 Å². The molecule has 0 bridgehead atoms. The van der Waals surface area contributed by atoms with Gasteiger partial charge in [-0.05, 0) is 23.3 Å². The Morgan fingerprint density at radius 1 is 0.938 bits per heavy atom. The molecular weight excluding hydrogens is 412 g/mol. The van der Waals surface area contributed by atoms with Gasteiger partial charge in [0, 0.05) is 44.1 Å². The van der Waals surface area contributed by atoms with Crippen LogP contribution in [0.2, 0.25) is 0 Å². The van der Waals surface area contributed by atoms with Crippen LogP contribution in [0.25, 0.3) is 0 Å². The summed E-state index contributed by atoms with van der Waals surface area (Å²) in [5.74, 6) is -1.85. The summed E-state index contributed by atoms with van der Waals surface area (Å²) in [5.41, 5.74) is 2.18. The van der Waals surface area contributed by atoms with Crippen molar-refractivity contribution in [1.29, 1.82) is 0 Å². The molecule has 0 saturated carbocycles. The number of ether oxygens (including phenoxy) is 1. The SMILES string of the molecule is O=C1CN(Cc2cccc(F)c2F)CC(OCc2ccccc2)CN1Cc1cccnc1. The van der Waals surface area contributed by atoms with Gasteiger partial charge in [0.05, 0.1) is 19.3 Å². The maximum Gasteiger partial charge on any atom is 0.237 e. The van der Waals surface area contributed by atoms with E-state index in [0.717, 1.165) is 17.2 Å². The first kappa shape index (κ1) is 22.0. The molecule has 1 aliphatic heterocycles. The van der Waals surface area contributed by atoms with Crippen molar-refractivity contribution >= 4 is 5.91 Å². The normalized spacial score (nSPS) is 17.4. The number of hydrogen-bond donors (Lipinski definition) is 0. The second-order valence-corrected chi connectivity index (χ2v) is 7.94. The molecular formula is C25H25F2N3O2. The fraction of sp³-hybridized carbons (Fsp3) is 0.280. The van der Waals surface area contributed by atoms with E-state index < -0.39 is 11.6 Å². The van der Waals surface area contributed by atoms with Gasteiger partial charge in [-0.3, -0.25) is 14.7 Å². The molecule has 1 aromatic heterocycles. The third-order valence-corrected chi connectivity index (χ3v) is 5.45. The second kappa shape index (κ2) is 10.4. The molecule has 4 rings (SSSR count). The van der Waals surface area contributed by atoms with Crippen molar-refractivity contribution < 1.29 is 18.3 Å². The van der Waals surface area contributed by atoms with Crippen molar-refractivity contribution in [1.82, 2.24) is 14.8 Å². The Hall–Kier alpha value is -3.16. The number of benzene rings is 2. The van der Waals surface area contributed by atoms with Crippen molar-refractivity contribution in [2.45, 2.75) is 25.8 Å². The number of nitrogens with zero attached hydrogens (tertiary/aromatic N) is 3. The summed E-state index contributed by atoms with van der Waals surface area (Å²) >= 11 is 0. The first-order valence-corrected chi connectivity index (χ1v) is 10.6. The molecule has 1 amide bonds. The molecule has 1 atom stereocenters. The standard InChI is InChI=1S/C25H25F2N3O2/c26-23-10-4-9-21(25(23)27)14-29-15-22(32-18-19-6-2-1-3-7-19)16-30(24(31)17-29)13-20-8-5-11-28-12-20/h1-12,22H,13-18H2. The zero-order chi connectivity index (χ0) is 22.3. The fourth-order valence-corrected chi connectivity index (χ4v) is 3.84. The van der Waals surface area contributed by atoms with Crippen molar-refractivity contribution in [3.8, 4) is 0 Å². The van der Waals surface area contributed by atoms with Crippen LogP contribution in [0.15, 0.2) is 73.1 Å². The third-order valence-electron chi connectivity index (χ3n) is 5.45. The van der Waals surface area contributed by atoms with E-state index in [1.165, 1.54) is 6.07 Å². The Kier molecular flexibility index (Phi) is 7.19. The van der Waals surface area contributed by atoms with Gasteiger partial charge >= 0.3 is 0 Å². The largest absolute Gasteiger partial charge is 0.370 e. The highest BCUT2D eigenvalue weighted by Crippen LogP contribution is 2.18. The van der Waals surface area contributed by atoms with E-state index in [-0.39, 0.29) is 30.7 Å². The number of carbonyl (C=O) groups excluding carboxylic acids is 1. The van der Waals surface area contributed by atoms with Crippen LogP contribution in [0, 0.1) is 11.6 Å². The van der Waals surface area contributed by atoms with E-state index in [9.17, 15) is 13.6 Å². The molecule has 1 saturated heterocycles. The molecule has 1 fully saturated rings. The van der Waals surface area contributed by atoms with Gasteiger partial charge in [0.2, 0.25) is 5.91 Å². The predicted molar refractivity (Wildman–Crippen MR) is 116 cm³/mol. The lowest BCUT2D eigenvalue weighted by Crippen LogP contribution is -2.37. The monoisotopic (exact) mass is 437 g/mol. The highest BCUT2D eigenvalue weighted by atomic mass is 19.2. The zero-order valence-electron chi connectivity index (χ0n) is 17.7. The van der Waals surface area contributed by atoms with Crippen LogP contribution in [0.5, 0.6) is 0 Å². The summed E-state index contributed by atoms with van der Waals surface area (Å²) < 4.78 is 34.1. The Balaban J connectivity index is 1.51. The molecule has 5 nitrogen and oxygen atoms in total. The maximum atomic E-state index is 14.3. The van der Waals surface area contributed by atoms with Crippen molar-refractivity contribution in [3.63, 3.8) is 0 Å². The van der Waals surface area contributed by atoms with Gasteiger partial charge in [-0.2, -0.15) is 0 Å². The molecule has 7 heteroatoms. The molecule has 0 radical (unpaired) electrons. The van der Waals surface area contributed by atoms with Crippen LogP contribution < -0.4 is 0 Å². The molecule has 1 unspecified atom stereocenters. The molecule has 166 valence electrons. The summed E-state index contributed by atoms with van der Waals surface area (Å²) in [5, 5.41) is 0. The lowest BCUT2D eigenvalue weighted by atomic mass is 10.2. The van der Waals surface area contributed by atoms with Gasteiger partial charge < -0.3 is 9.64 Å². The van der Waals surface area contributed by atoms with Crippen LogP contribution >= 0.6 is 0 Å². The van der Waals surface area contributed by atoms with Gasteiger partial charge in [-0.15, -0.1) is 0 Å². The molecule has 1 aliphatic rings. The fourth-order valence-electron chi connectivity index (χ4n) is 3.84. The maximum absolute atomic E-state index is 14.3. The number of carbonyl (C=O) groups is 1. The van der Waals surface area contributed by atoms with Gasteiger partial charge in [0.15, 0.2) is 11.6 Å². The van der Waals surface area contributed by atoms with E-state index in [2.05, 4.69) is 4.98 Å². The van der Waals surface area contributed by atoms with Crippen LogP contribution in [0.4, 0.5) is 8.78 Å². The smallest absolute Gasteiger partial charge is 0.237 e. The molecule has 0 aliphatic carbocycles. The molecule has 3 aromatic rings. The number of rotatable bonds is 7. The Morgan fingerprint density at radius 3 is 2.53 bits per heavy atom. The number of hydrogen-bond acceptors (Lipinski definition) is 4. The molecule has 32 heavy (non-hydrogen) atoms. The topological polar surface area (TPSA) is 45.7 Å². The van der Waals surface area contributed by atoms with Crippen LogP contribution in [-0.4, -0.2) is 46.4 Å². The quantitative estimate of drug-likeness (QED) is 0.564. The van der Waals surface area contributed by atoms with Crippen LogP contribution in [0.1, 0.15) is 16.7 Å². The van der Waals surface area contributed by atoms with E-state index in [1.54, 1.807) is 23.4 Å². The van der Waals surface area contributed by atoms with Crippen molar-refractivity contribution in [2.24, 2.45) is 0 Å². The van der Waals surface area contributed by atoms with E-state index >= 15 is 0 Å². The van der Waals surface area contributed by atoms with Gasteiger partial charge in [-0.25, -0.2) is 8.78 Å². The van der Waals surface area contributed by atoms with Crippen molar-refractivity contribution in [3.05, 3.63) is 101 Å². The number of pyridine rings is 1. The first-order valence-electron chi connectivity index (χ1n) is 10.6. The number of amides is 1. The minimum Gasteiger partial charge on any atom is -0.370 e. The molecule has 0 spiro atoms. The summed E-state index contributed by atoms with van der Waals surface area (Å²) in [7, 11) is 0.